The Hall–Kier alpha value is -1.28. The Kier molecular flexibility index (Phi) is 13.2. The summed E-state index contributed by atoms with van der Waals surface area (Å²) in [7, 11) is 2.92. The van der Waals surface area contributed by atoms with Crippen molar-refractivity contribution in [3.05, 3.63) is 0 Å². The zero-order valence-electron chi connectivity index (χ0n) is 37.7. The van der Waals surface area contributed by atoms with Crippen LogP contribution in [0, 0.1) is 92.7 Å². The highest BCUT2D eigenvalue weighted by atomic mass is 19.1. The molecule has 0 aromatic rings. The second-order valence-corrected chi connectivity index (χ2v) is 23.0. The number of hydrogen-bond acceptors (Lipinski definition) is 6. The normalized spacial score (nSPS) is 50.2. The van der Waals surface area contributed by atoms with Gasteiger partial charge in [-0.05, 0) is 208 Å². The van der Waals surface area contributed by atoms with Gasteiger partial charge in [-0.1, -0.05) is 41.5 Å². The lowest BCUT2D eigenvalue weighted by molar-refractivity contribution is -0.157. The first-order valence-corrected chi connectivity index (χ1v) is 24.2. The molecule has 2 unspecified atom stereocenters. The van der Waals surface area contributed by atoms with E-state index in [2.05, 4.69) is 41.5 Å². The number of methoxy groups -OCH3 is 2. The van der Waals surface area contributed by atoms with Gasteiger partial charge in [0, 0.05) is 12.8 Å². The summed E-state index contributed by atoms with van der Waals surface area (Å²) in [6.07, 6.45) is 17.0. The third-order valence-electron chi connectivity index (χ3n) is 20.8. The Morgan fingerprint density at radius 3 is 1.26 bits per heavy atom. The smallest absolute Gasteiger partial charge is 0.305 e. The first-order chi connectivity index (χ1) is 27.4. The van der Waals surface area contributed by atoms with Crippen LogP contribution in [-0.2, 0) is 19.1 Å². The summed E-state index contributed by atoms with van der Waals surface area (Å²) >= 11 is 0. The fourth-order valence-corrected chi connectivity index (χ4v) is 17.5. The van der Waals surface area contributed by atoms with E-state index in [9.17, 15) is 19.8 Å². The van der Waals surface area contributed by atoms with E-state index in [0.29, 0.717) is 84.9 Å². The van der Waals surface area contributed by atoms with Gasteiger partial charge in [-0.25, -0.2) is 8.78 Å². The molecule has 332 valence electrons. The third-order valence-corrected chi connectivity index (χ3v) is 20.8. The second kappa shape index (κ2) is 17.1. The predicted molar refractivity (Wildman–Crippen MR) is 224 cm³/mol. The Morgan fingerprint density at radius 2 is 0.897 bits per heavy atom. The lowest BCUT2D eigenvalue weighted by Crippen LogP contribution is -2.57. The van der Waals surface area contributed by atoms with E-state index < -0.39 is 12.3 Å². The third kappa shape index (κ3) is 7.75. The first kappa shape index (κ1) is 44.8. The number of aliphatic hydroxyl groups is 2. The molecule has 8 saturated carbocycles. The average Bonchev–Trinajstić information content (AvgIpc) is 3.74. The van der Waals surface area contributed by atoms with Gasteiger partial charge >= 0.3 is 11.9 Å². The number of fused-ring (bicyclic) bond motifs is 10. The highest BCUT2D eigenvalue weighted by molar-refractivity contribution is 5.69. The fraction of sp³-hybridized carbons (Fsp3) is 0.960. The topological polar surface area (TPSA) is 93.1 Å². The molecule has 0 amide bonds. The number of halogens is 2. The number of hydrogen-bond donors (Lipinski definition) is 2. The molecular formula is C50H82F2O6. The second-order valence-electron chi connectivity index (χ2n) is 23.0. The summed E-state index contributed by atoms with van der Waals surface area (Å²) in [4.78, 5) is 23.3. The largest absolute Gasteiger partial charge is 0.469 e. The van der Waals surface area contributed by atoms with Gasteiger partial charge in [-0.2, -0.15) is 0 Å². The van der Waals surface area contributed by atoms with Crippen molar-refractivity contribution in [1.82, 2.24) is 0 Å². The van der Waals surface area contributed by atoms with Gasteiger partial charge in [0.2, 0.25) is 0 Å². The van der Waals surface area contributed by atoms with E-state index in [1.807, 2.05) is 0 Å². The molecule has 8 aliphatic rings. The fourth-order valence-electron chi connectivity index (χ4n) is 17.5. The maximum Gasteiger partial charge on any atom is 0.305 e. The number of carbonyl (C=O) groups is 2. The van der Waals surface area contributed by atoms with E-state index in [0.717, 1.165) is 77.0 Å². The van der Waals surface area contributed by atoms with Crippen molar-refractivity contribution in [2.45, 2.75) is 195 Å². The molecule has 6 nitrogen and oxygen atoms in total. The SMILES string of the molecule is COC(=O)CC[C@@H](C)[C@H]1CC[C@H]2[C@@H]3C(F)C[C@@H]4C[C@H](O)CC[C@]4(C)[C@H]3CC[C@]12C.COC(=O)CC[C@@H](C)[C@H]1CC[C@H]2[C@@H]3C(F)C[C@@H]4C[C@H](O)CC[C@]4(C)[C@H]3CC[C@]12C. The maximum atomic E-state index is 15.7. The number of alkyl halides is 2. The van der Waals surface area contributed by atoms with Gasteiger partial charge in [-0.15, -0.1) is 0 Å². The first-order valence-electron chi connectivity index (χ1n) is 24.2. The summed E-state index contributed by atoms with van der Waals surface area (Å²) in [6.45, 7) is 14.3. The Balaban J connectivity index is 0.000000177. The molecule has 8 heteroatoms. The van der Waals surface area contributed by atoms with E-state index in [1.165, 1.54) is 39.9 Å². The number of rotatable bonds is 8. The molecule has 0 aromatic carbocycles. The van der Waals surface area contributed by atoms with Gasteiger partial charge in [0.1, 0.15) is 12.3 Å². The minimum absolute atomic E-state index is 0.116. The number of carbonyl (C=O) groups excluding carboxylic acids is 2. The molecule has 58 heavy (non-hydrogen) atoms. The van der Waals surface area contributed by atoms with Crippen molar-refractivity contribution >= 4 is 11.9 Å². The molecule has 0 aliphatic heterocycles. The van der Waals surface area contributed by atoms with E-state index in [-0.39, 0.29) is 57.6 Å². The highest BCUT2D eigenvalue weighted by Gasteiger charge is 2.65. The molecule has 2 N–H and O–H groups in total. The standard InChI is InChI=1S/2C25H41FO3/c2*1-15(5-8-22(28)29-4)18-6-7-19-23-20(10-12-25(18,19)3)24(2)11-9-17(27)13-16(24)14-21(23)26/h2*15-21,23,27H,5-14H2,1-4H3/t2*15-,16+,17-,18-,19+,20+,21?,23+,24+,25-/m11/s1. The van der Waals surface area contributed by atoms with Gasteiger partial charge < -0.3 is 19.7 Å². The van der Waals surface area contributed by atoms with E-state index in [4.69, 9.17) is 9.47 Å². The van der Waals surface area contributed by atoms with Crippen LogP contribution >= 0.6 is 0 Å². The summed E-state index contributed by atoms with van der Waals surface area (Å²) in [5, 5.41) is 20.4. The molecule has 8 rings (SSSR count). The maximum absolute atomic E-state index is 15.7. The number of ether oxygens (including phenoxy) is 2. The van der Waals surface area contributed by atoms with Gasteiger partial charge in [0.05, 0.1) is 26.4 Å². The molecule has 20 atom stereocenters. The van der Waals surface area contributed by atoms with Gasteiger partial charge in [-0.3, -0.25) is 9.59 Å². The van der Waals surface area contributed by atoms with Crippen molar-refractivity contribution in [3.63, 3.8) is 0 Å². The van der Waals surface area contributed by atoms with Crippen LogP contribution in [0.2, 0.25) is 0 Å². The van der Waals surface area contributed by atoms with Crippen molar-refractivity contribution in [3.8, 4) is 0 Å². The molecular weight excluding hydrogens is 735 g/mol. The van der Waals surface area contributed by atoms with Crippen LogP contribution in [-0.4, -0.2) is 60.9 Å². The summed E-state index contributed by atoms with van der Waals surface area (Å²) in [5.41, 5.74) is 0.835. The van der Waals surface area contributed by atoms with Crippen LogP contribution in [0.5, 0.6) is 0 Å². The van der Waals surface area contributed by atoms with Crippen LogP contribution in [0.4, 0.5) is 8.78 Å². The molecule has 0 heterocycles. The van der Waals surface area contributed by atoms with Crippen LogP contribution < -0.4 is 0 Å². The monoisotopic (exact) mass is 817 g/mol. The lowest BCUT2D eigenvalue weighted by Gasteiger charge is -2.62. The van der Waals surface area contributed by atoms with E-state index >= 15 is 8.78 Å². The van der Waals surface area contributed by atoms with Crippen molar-refractivity contribution in [2.24, 2.45) is 92.7 Å². The number of esters is 2. The van der Waals surface area contributed by atoms with Crippen LogP contribution in [0.3, 0.4) is 0 Å². The minimum atomic E-state index is -0.711. The highest BCUT2D eigenvalue weighted by Crippen LogP contribution is 2.70. The Labute approximate surface area is 350 Å². The van der Waals surface area contributed by atoms with E-state index in [1.54, 1.807) is 0 Å². The van der Waals surface area contributed by atoms with Gasteiger partial charge in [0.15, 0.2) is 0 Å². The van der Waals surface area contributed by atoms with Crippen LogP contribution in [0.15, 0.2) is 0 Å². The van der Waals surface area contributed by atoms with Crippen molar-refractivity contribution in [2.75, 3.05) is 14.2 Å². The quantitative estimate of drug-likeness (QED) is 0.237. The van der Waals surface area contributed by atoms with Gasteiger partial charge in [0.25, 0.3) is 0 Å². The zero-order valence-corrected chi connectivity index (χ0v) is 37.7. The molecule has 8 fully saturated rings. The molecule has 0 radical (unpaired) electrons. The Bertz CT molecular complexity index is 1350. The molecule has 0 aromatic heterocycles. The molecule has 0 saturated heterocycles. The average molecular weight is 817 g/mol. The summed E-state index contributed by atoms with van der Waals surface area (Å²) < 4.78 is 41.0. The number of aliphatic hydroxyl groups excluding tert-OH is 2. The summed E-state index contributed by atoms with van der Waals surface area (Å²) in [6, 6.07) is 0. The zero-order chi connectivity index (χ0) is 41.9. The van der Waals surface area contributed by atoms with Crippen molar-refractivity contribution < 1.29 is 38.1 Å². The molecule has 0 bridgehead atoms. The minimum Gasteiger partial charge on any atom is -0.469 e. The predicted octanol–water partition coefficient (Wildman–Crippen LogP) is 11.1. The van der Waals surface area contributed by atoms with Crippen LogP contribution in [0.25, 0.3) is 0 Å². The molecule has 0 spiro atoms. The van der Waals surface area contributed by atoms with Crippen LogP contribution in [0.1, 0.15) is 170 Å². The Morgan fingerprint density at radius 1 is 0.552 bits per heavy atom. The van der Waals surface area contributed by atoms with Crippen molar-refractivity contribution in [1.29, 1.82) is 0 Å². The summed E-state index contributed by atoms with van der Waals surface area (Å²) in [5.74, 6) is 4.91. The lowest BCUT2D eigenvalue weighted by atomic mass is 9.44. The molecule has 8 aliphatic carbocycles.